The van der Waals surface area contributed by atoms with E-state index in [1.165, 1.54) is 9.75 Å². The lowest BCUT2D eigenvalue weighted by Gasteiger charge is -2.19. The third-order valence-electron chi connectivity index (χ3n) is 2.92. The normalized spacial score (nSPS) is 12.6. The zero-order valence-corrected chi connectivity index (χ0v) is 14.0. The molecule has 1 atom stereocenters. The minimum atomic E-state index is -0.176. The molecule has 0 bridgehead atoms. The highest BCUT2D eigenvalue weighted by Gasteiger charge is 2.18. The van der Waals surface area contributed by atoms with E-state index in [0.29, 0.717) is 0 Å². The van der Waals surface area contributed by atoms with E-state index in [9.17, 15) is 4.39 Å². The summed E-state index contributed by atoms with van der Waals surface area (Å²) in [6.45, 7) is 5.22. The van der Waals surface area contributed by atoms with Crippen molar-refractivity contribution in [2.24, 2.45) is 0 Å². The Bertz CT molecular complexity index is 553. The van der Waals surface area contributed by atoms with Crippen molar-refractivity contribution in [1.29, 1.82) is 0 Å². The molecule has 102 valence electrons. The molecule has 2 aromatic rings. The molecule has 1 aromatic heterocycles. The molecular weight excluding hydrogens is 372 g/mol. The van der Waals surface area contributed by atoms with Gasteiger partial charge in [-0.05, 0) is 72.3 Å². The van der Waals surface area contributed by atoms with Crippen molar-refractivity contribution in [2.75, 3.05) is 6.54 Å². The number of thiophene rings is 1. The van der Waals surface area contributed by atoms with Gasteiger partial charge in [-0.3, -0.25) is 0 Å². The monoisotopic (exact) mass is 389 g/mol. The van der Waals surface area contributed by atoms with Crippen molar-refractivity contribution in [3.05, 3.63) is 55.0 Å². The van der Waals surface area contributed by atoms with Crippen molar-refractivity contribution in [3.63, 3.8) is 0 Å². The van der Waals surface area contributed by atoms with Crippen LogP contribution in [0.1, 0.15) is 34.7 Å². The van der Waals surface area contributed by atoms with E-state index < -0.39 is 0 Å². The summed E-state index contributed by atoms with van der Waals surface area (Å²) in [5.74, 6) is -0.176. The minimum Gasteiger partial charge on any atom is -0.306 e. The van der Waals surface area contributed by atoms with Gasteiger partial charge in [-0.25, -0.2) is 4.39 Å². The van der Waals surface area contributed by atoms with Gasteiger partial charge in [0.2, 0.25) is 0 Å². The Morgan fingerprint density at radius 2 is 2.11 bits per heavy atom. The van der Waals surface area contributed by atoms with E-state index in [-0.39, 0.29) is 11.9 Å². The first-order chi connectivity index (χ1) is 9.11. The van der Waals surface area contributed by atoms with Crippen LogP contribution in [0.5, 0.6) is 0 Å². The van der Waals surface area contributed by atoms with Gasteiger partial charge < -0.3 is 5.32 Å². The van der Waals surface area contributed by atoms with E-state index in [0.717, 1.165) is 22.1 Å². The predicted octanol–water partition coefficient (Wildman–Crippen LogP) is 4.89. The Kier molecular flexibility index (Phi) is 5.36. The summed E-state index contributed by atoms with van der Waals surface area (Å²) < 4.78 is 14.2. The smallest absolute Gasteiger partial charge is 0.124 e. The van der Waals surface area contributed by atoms with Crippen LogP contribution in [0.3, 0.4) is 0 Å². The molecule has 0 aliphatic rings. The van der Waals surface area contributed by atoms with Crippen molar-refractivity contribution in [3.8, 4) is 0 Å². The van der Waals surface area contributed by atoms with E-state index in [1.807, 2.05) is 6.07 Å². The fourth-order valence-corrected chi connectivity index (χ4v) is 3.76. The topological polar surface area (TPSA) is 12.0 Å². The van der Waals surface area contributed by atoms with Crippen LogP contribution >= 0.6 is 33.9 Å². The van der Waals surface area contributed by atoms with E-state index in [4.69, 9.17) is 0 Å². The zero-order valence-electron chi connectivity index (χ0n) is 11.0. The number of aryl methyl sites for hydroxylation is 1. The van der Waals surface area contributed by atoms with Crippen molar-refractivity contribution in [2.45, 2.75) is 26.3 Å². The van der Waals surface area contributed by atoms with Crippen LogP contribution in [-0.2, 0) is 0 Å². The van der Waals surface area contributed by atoms with E-state index >= 15 is 0 Å². The molecule has 0 radical (unpaired) electrons. The summed E-state index contributed by atoms with van der Waals surface area (Å²) in [5.41, 5.74) is 1.15. The van der Waals surface area contributed by atoms with Gasteiger partial charge in [0.05, 0.1) is 6.04 Å². The van der Waals surface area contributed by atoms with E-state index in [2.05, 4.69) is 53.9 Å². The quantitative estimate of drug-likeness (QED) is 0.719. The summed E-state index contributed by atoms with van der Waals surface area (Å²) >= 11 is 4.01. The molecule has 1 unspecified atom stereocenters. The average Bonchev–Trinajstić information content (AvgIpc) is 2.78. The van der Waals surface area contributed by atoms with E-state index in [1.54, 1.807) is 23.5 Å². The fraction of sp³-hybridized carbons (Fsp3) is 0.333. The molecule has 1 N–H and O–H groups in total. The van der Waals surface area contributed by atoms with Crippen LogP contribution in [0.25, 0.3) is 0 Å². The summed E-state index contributed by atoms with van der Waals surface area (Å²) in [6.07, 6.45) is 1.08. The summed E-state index contributed by atoms with van der Waals surface area (Å²) in [4.78, 5) is 2.59. The highest BCUT2D eigenvalue weighted by Crippen LogP contribution is 2.31. The standard InChI is InChI=1S/C15H17FINS/c1-3-8-18-15(14-7-4-10(2)19-14)12-6-5-11(16)9-13(12)17/h4-7,9,15,18H,3,8H2,1-2H3. The first-order valence-corrected chi connectivity index (χ1v) is 8.26. The fourth-order valence-electron chi connectivity index (χ4n) is 2.00. The third kappa shape index (κ3) is 3.77. The number of hydrogen-bond acceptors (Lipinski definition) is 2. The van der Waals surface area contributed by atoms with Crippen LogP contribution in [0.2, 0.25) is 0 Å². The van der Waals surface area contributed by atoms with Gasteiger partial charge in [0.15, 0.2) is 0 Å². The largest absolute Gasteiger partial charge is 0.306 e. The van der Waals surface area contributed by atoms with Gasteiger partial charge in [0.25, 0.3) is 0 Å². The van der Waals surface area contributed by atoms with Gasteiger partial charge in [-0.2, -0.15) is 0 Å². The van der Waals surface area contributed by atoms with Gasteiger partial charge in [0, 0.05) is 13.3 Å². The van der Waals surface area contributed by atoms with Gasteiger partial charge in [-0.1, -0.05) is 13.0 Å². The van der Waals surface area contributed by atoms with Gasteiger partial charge in [-0.15, -0.1) is 11.3 Å². The molecule has 0 saturated heterocycles. The molecular formula is C15H17FINS. The number of hydrogen-bond donors (Lipinski definition) is 1. The Balaban J connectivity index is 2.36. The lowest BCUT2D eigenvalue weighted by Crippen LogP contribution is -2.23. The summed E-state index contributed by atoms with van der Waals surface area (Å²) in [5, 5.41) is 3.56. The van der Waals surface area contributed by atoms with Crippen molar-refractivity contribution in [1.82, 2.24) is 5.32 Å². The van der Waals surface area contributed by atoms with Crippen LogP contribution in [0, 0.1) is 16.3 Å². The molecule has 4 heteroatoms. The highest BCUT2D eigenvalue weighted by molar-refractivity contribution is 14.1. The number of rotatable bonds is 5. The van der Waals surface area contributed by atoms with Crippen LogP contribution < -0.4 is 5.32 Å². The van der Waals surface area contributed by atoms with Crippen LogP contribution in [0.4, 0.5) is 4.39 Å². The summed E-state index contributed by atoms with van der Waals surface area (Å²) in [6, 6.07) is 9.48. The average molecular weight is 389 g/mol. The SMILES string of the molecule is CCCNC(c1ccc(C)s1)c1ccc(F)cc1I. The van der Waals surface area contributed by atoms with Crippen molar-refractivity contribution < 1.29 is 4.39 Å². The Labute approximate surface area is 131 Å². The lowest BCUT2D eigenvalue weighted by molar-refractivity contribution is 0.596. The molecule has 0 aliphatic carbocycles. The van der Waals surface area contributed by atoms with Crippen LogP contribution in [0.15, 0.2) is 30.3 Å². The van der Waals surface area contributed by atoms with Crippen molar-refractivity contribution >= 4 is 33.9 Å². The zero-order chi connectivity index (χ0) is 13.8. The molecule has 1 heterocycles. The second-order valence-corrected chi connectivity index (χ2v) is 6.98. The number of benzene rings is 1. The molecule has 19 heavy (non-hydrogen) atoms. The molecule has 0 fully saturated rings. The molecule has 0 aliphatic heterocycles. The lowest BCUT2D eigenvalue weighted by atomic mass is 10.1. The molecule has 1 aromatic carbocycles. The van der Waals surface area contributed by atoms with Gasteiger partial charge in [0.1, 0.15) is 5.82 Å². The first kappa shape index (κ1) is 14.9. The highest BCUT2D eigenvalue weighted by atomic mass is 127. The Morgan fingerprint density at radius 3 is 2.68 bits per heavy atom. The molecule has 0 saturated carbocycles. The summed E-state index contributed by atoms with van der Waals surface area (Å²) in [7, 11) is 0. The molecule has 2 rings (SSSR count). The predicted molar refractivity (Wildman–Crippen MR) is 88.3 cm³/mol. The molecule has 0 amide bonds. The maximum atomic E-state index is 13.2. The maximum absolute atomic E-state index is 13.2. The minimum absolute atomic E-state index is 0.158. The van der Waals surface area contributed by atoms with Crippen LogP contribution in [-0.4, -0.2) is 6.54 Å². The number of nitrogens with one attached hydrogen (secondary N) is 1. The maximum Gasteiger partial charge on any atom is 0.124 e. The Morgan fingerprint density at radius 1 is 1.32 bits per heavy atom. The van der Waals surface area contributed by atoms with Gasteiger partial charge >= 0.3 is 0 Å². The number of halogens is 2. The third-order valence-corrected chi connectivity index (χ3v) is 4.92. The second kappa shape index (κ2) is 6.81. The Hall–Kier alpha value is -0.460. The molecule has 1 nitrogen and oxygen atoms in total. The first-order valence-electron chi connectivity index (χ1n) is 6.36. The molecule has 0 spiro atoms. The second-order valence-electron chi connectivity index (χ2n) is 4.50.